The van der Waals surface area contributed by atoms with Crippen LogP contribution in [-0.4, -0.2) is 92.3 Å². The lowest BCUT2D eigenvalue weighted by molar-refractivity contribution is -0.136. The molecule has 0 spiro atoms. The van der Waals surface area contributed by atoms with Gasteiger partial charge in [-0.2, -0.15) is 0 Å². The third-order valence-corrected chi connectivity index (χ3v) is 6.63. The van der Waals surface area contributed by atoms with Gasteiger partial charge < -0.3 is 24.6 Å². The molecule has 2 saturated heterocycles. The first-order valence-corrected chi connectivity index (χ1v) is 11.9. The second-order valence-electron chi connectivity index (χ2n) is 9.02. The largest absolute Gasteiger partial charge is 0.497 e. The van der Waals surface area contributed by atoms with Crippen LogP contribution in [0.15, 0.2) is 24.3 Å². The minimum absolute atomic E-state index is 0.0950. The molecule has 32 heavy (non-hydrogen) atoms. The van der Waals surface area contributed by atoms with Crippen LogP contribution in [0.25, 0.3) is 0 Å². The molecular formula is C24H36N4O4. The fraction of sp³-hybridized carbons (Fsp3) is 0.667. The van der Waals surface area contributed by atoms with E-state index in [0.717, 1.165) is 71.5 Å². The highest BCUT2D eigenvalue weighted by molar-refractivity contribution is 5.89. The molecule has 4 rings (SSSR count). The van der Waals surface area contributed by atoms with E-state index in [2.05, 4.69) is 15.1 Å². The van der Waals surface area contributed by atoms with Gasteiger partial charge in [-0.05, 0) is 44.2 Å². The molecule has 176 valence electrons. The Bertz CT molecular complexity index is 779. The third-order valence-electron chi connectivity index (χ3n) is 6.63. The predicted octanol–water partition coefficient (Wildman–Crippen LogP) is 2.65. The Kier molecular flexibility index (Phi) is 7.86. The lowest BCUT2D eigenvalue weighted by atomic mass is 10.0. The molecule has 0 radical (unpaired) electrons. The molecule has 8 heteroatoms. The number of urea groups is 1. The molecule has 3 aliphatic rings. The number of nitrogens with one attached hydrogen (secondary N) is 1. The molecule has 1 atom stereocenters. The average Bonchev–Trinajstić information content (AvgIpc) is 3.68. The number of anilines is 1. The van der Waals surface area contributed by atoms with Gasteiger partial charge in [-0.3, -0.25) is 9.69 Å². The van der Waals surface area contributed by atoms with Crippen molar-refractivity contribution in [3.8, 4) is 5.75 Å². The van der Waals surface area contributed by atoms with E-state index in [1.54, 1.807) is 7.11 Å². The number of piperidine rings is 1. The topological polar surface area (TPSA) is 74.3 Å². The maximum atomic E-state index is 13.1. The molecule has 1 N–H and O–H groups in total. The monoisotopic (exact) mass is 444 g/mol. The molecular weight excluding hydrogens is 408 g/mol. The van der Waals surface area contributed by atoms with Gasteiger partial charge in [0.25, 0.3) is 0 Å². The van der Waals surface area contributed by atoms with Crippen molar-refractivity contribution in [2.24, 2.45) is 5.92 Å². The summed E-state index contributed by atoms with van der Waals surface area (Å²) in [5.41, 5.74) is 0.716. The first kappa shape index (κ1) is 22.9. The van der Waals surface area contributed by atoms with Crippen molar-refractivity contribution >= 4 is 17.6 Å². The molecule has 2 aliphatic heterocycles. The average molecular weight is 445 g/mol. The van der Waals surface area contributed by atoms with Gasteiger partial charge in [-0.25, -0.2) is 4.79 Å². The summed E-state index contributed by atoms with van der Waals surface area (Å²) in [6, 6.07) is 7.36. The minimum Gasteiger partial charge on any atom is -0.497 e. The number of methoxy groups -OCH3 is 1. The van der Waals surface area contributed by atoms with Crippen molar-refractivity contribution in [1.82, 2.24) is 14.7 Å². The number of amides is 3. The number of benzene rings is 1. The van der Waals surface area contributed by atoms with Crippen molar-refractivity contribution in [1.29, 1.82) is 0 Å². The number of hydrogen-bond acceptors (Lipinski definition) is 5. The van der Waals surface area contributed by atoms with Crippen LogP contribution >= 0.6 is 0 Å². The SMILES string of the molecule is COc1cccc(NC(=O)N2CCCC(N(CCCN3CCOCC3)C(=O)C3CC3)C2)c1. The van der Waals surface area contributed by atoms with Crippen LogP contribution in [-0.2, 0) is 9.53 Å². The van der Waals surface area contributed by atoms with E-state index in [1.807, 2.05) is 29.2 Å². The molecule has 8 nitrogen and oxygen atoms in total. The Morgan fingerprint density at radius 2 is 2.00 bits per heavy atom. The maximum Gasteiger partial charge on any atom is 0.321 e. The molecule has 1 unspecified atom stereocenters. The fourth-order valence-corrected chi connectivity index (χ4v) is 4.62. The Hall–Kier alpha value is -2.32. The van der Waals surface area contributed by atoms with Crippen LogP contribution in [0.1, 0.15) is 32.1 Å². The number of hydrogen-bond donors (Lipinski definition) is 1. The van der Waals surface area contributed by atoms with Crippen LogP contribution < -0.4 is 10.1 Å². The Labute approximate surface area is 190 Å². The van der Waals surface area contributed by atoms with Gasteiger partial charge in [0.05, 0.1) is 20.3 Å². The molecule has 1 saturated carbocycles. The number of carbonyl (C=O) groups excluding carboxylic acids is 2. The standard InChI is InChI=1S/C24H36N4O4/c1-31-22-7-2-5-20(17-22)25-24(30)27-11-3-6-21(18-27)28(23(29)19-8-9-19)12-4-10-26-13-15-32-16-14-26/h2,5,7,17,19,21H,3-4,6,8-16,18H2,1H3,(H,25,30). The van der Waals surface area contributed by atoms with Gasteiger partial charge in [-0.15, -0.1) is 0 Å². The van der Waals surface area contributed by atoms with E-state index in [-0.39, 0.29) is 23.9 Å². The van der Waals surface area contributed by atoms with Gasteiger partial charge in [0, 0.05) is 63.0 Å². The first-order valence-electron chi connectivity index (χ1n) is 11.9. The van der Waals surface area contributed by atoms with Crippen LogP contribution in [0.4, 0.5) is 10.5 Å². The predicted molar refractivity (Wildman–Crippen MR) is 123 cm³/mol. The van der Waals surface area contributed by atoms with E-state index >= 15 is 0 Å². The Morgan fingerprint density at radius 3 is 2.75 bits per heavy atom. The molecule has 1 aromatic rings. The summed E-state index contributed by atoms with van der Waals surface area (Å²) >= 11 is 0. The second-order valence-corrected chi connectivity index (χ2v) is 9.02. The summed E-state index contributed by atoms with van der Waals surface area (Å²) in [7, 11) is 1.61. The summed E-state index contributed by atoms with van der Waals surface area (Å²) in [4.78, 5) is 32.4. The Balaban J connectivity index is 1.34. The van der Waals surface area contributed by atoms with Crippen LogP contribution in [0.5, 0.6) is 5.75 Å². The zero-order valence-electron chi connectivity index (χ0n) is 19.1. The summed E-state index contributed by atoms with van der Waals surface area (Å²) in [5.74, 6) is 1.19. The smallest absolute Gasteiger partial charge is 0.321 e. The minimum atomic E-state index is -0.116. The summed E-state index contributed by atoms with van der Waals surface area (Å²) in [6.45, 7) is 6.59. The van der Waals surface area contributed by atoms with E-state index in [4.69, 9.17) is 9.47 Å². The highest BCUT2D eigenvalue weighted by Gasteiger charge is 2.38. The van der Waals surface area contributed by atoms with E-state index in [9.17, 15) is 9.59 Å². The van der Waals surface area contributed by atoms with Crippen LogP contribution in [0, 0.1) is 5.92 Å². The van der Waals surface area contributed by atoms with Gasteiger partial charge in [0.1, 0.15) is 5.75 Å². The van der Waals surface area contributed by atoms with Gasteiger partial charge in [0.15, 0.2) is 0 Å². The number of rotatable bonds is 8. The van der Waals surface area contributed by atoms with Gasteiger partial charge >= 0.3 is 6.03 Å². The molecule has 2 heterocycles. The number of morpholine rings is 1. The maximum absolute atomic E-state index is 13.1. The molecule has 3 amide bonds. The van der Waals surface area contributed by atoms with E-state index in [1.165, 1.54) is 0 Å². The van der Waals surface area contributed by atoms with E-state index < -0.39 is 0 Å². The third kappa shape index (κ3) is 6.13. The van der Waals surface area contributed by atoms with Crippen molar-refractivity contribution in [3.63, 3.8) is 0 Å². The number of carbonyl (C=O) groups is 2. The summed E-state index contributed by atoms with van der Waals surface area (Å²) in [6.07, 6.45) is 4.84. The summed E-state index contributed by atoms with van der Waals surface area (Å²) < 4.78 is 10.7. The molecule has 1 aromatic carbocycles. The highest BCUT2D eigenvalue weighted by atomic mass is 16.5. The molecule has 3 fully saturated rings. The second kappa shape index (κ2) is 11.0. The lowest BCUT2D eigenvalue weighted by Crippen LogP contribution is -2.53. The van der Waals surface area contributed by atoms with Crippen molar-refractivity contribution in [2.45, 2.75) is 38.1 Å². The first-order chi connectivity index (χ1) is 15.6. The van der Waals surface area contributed by atoms with Crippen molar-refractivity contribution in [2.75, 3.05) is 64.9 Å². The zero-order valence-corrected chi connectivity index (χ0v) is 19.1. The number of ether oxygens (including phenoxy) is 2. The summed E-state index contributed by atoms with van der Waals surface area (Å²) in [5, 5.41) is 2.98. The highest BCUT2D eigenvalue weighted by Crippen LogP contribution is 2.33. The fourth-order valence-electron chi connectivity index (χ4n) is 4.62. The molecule has 0 aromatic heterocycles. The van der Waals surface area contributed by atoms with Crippen LogP contribution in [0.3, 0.4) is 0 Å². The molecule has 0 bridgehead atoms. The zero-order chi connectivity index (χ0) is 22.3. The number of nitrogens with zero attached hydrogens (tertiary/aromatic N) is 3. The normalized spacial score (nSPS) is 21.8. The van der Waals surface area contributed by atoms with Crippen LogP contribution in [0.2, 0.25) is 0 Å². The van der Waals surface area contributed by atoms with Crippen molar-refractivity contribution < 1.29 is 19.1 Å². The van der Waals surface area contributed by atoms with Gasteiger partial charge in [0.2, 0.25) is 5.91 Å². The number of likely N-dealkylation sites (tertiary alicyclic amines) is 1. The molecule has 1 aliphatic carbocycles. The lowest BCUT2D eigenvalue weighted by Gasteiger charge is -2.40. The van der Waals surface area contributed by atoms with Crippen molar-refractivity contribution in [3.05, 3.63) is 24.3 Å². The quantitative estimate of drug-likeness (QED) is 0.667. The van der Waals surface area contributed by atoms with Gasteiger partial charge in [-0.1, -0.05) is 6.07 Å². The Morgan fingerprint density at radius 1 is 1.19 bits per heavy atom. The van der Waals surface area contributed by atoms with E-state index in [0.29, 0.717) is 24.5 Å².